The molecule has 1 aliphatic heterocycles. The minimum absolute atomic E-state index is 0.268. The van der Waals surface area contributed by atoms with Gasteiger partial charge in [0.25, 0.3) is 0 Å². The third-order valence-corrected chi connectivity index (χ3v) is 5.92. The van der Waals surface area contributed by atoms with E-state index in [4.69, 9.17) is 9.47 Å². The Morgan fingerprint density at radius 3 is 2.43 bits per heavy atom. The molecule has 2 atom stereocenters. The summed E-state index contributed by atoms with van der Waals surface area (Å²) in [5.41, 5.74) is 1.22. The van der Waals surface area contributed by atoms with Gasteiger partial charge in [0.1, 0.15) is 0 Å². The van der Waals surface area contributed by atoms with Crippen molar-refractivity contribution in [2.24, 2.45) is 0 Å². The molecule has 1 fully saturated rings. The van der Waals surface area contributed by atoms with E-state index in [9.17, 15) is 0 Å². The standard InChI is InChI=1S/C18H20O2Se/c1-3-7-15(8-4-1)13-19-14-16-11-12-18(20-16)21-17-9-5-2-6-10-17/h1-10,16,18H,11-14H2/t16-,18+/m0/s1. The molecule has 0 N–H and O–H groups in total. The molecule has 2 aromatic carbocycles. The molecule has 0 aromatic heterocycles. The Kier molecular flexibility index (Phi) is 5.47. The fourth-order valence-corrected chi connectivity index (χ4v) is 4.69. The van der Waals surface area contributed by atoms with Crippen LogP contribution in [0.15, 0.2) is 60.7 Å². The van der Waals surface area contributed by atoms with Crippen LogP contribution in [0.5, 0.6) is 0 Å². The first-order valence-electron chi connectivity index (χ1n) is 7.39. The second-order valence-electron chi connectivity index (χ2n) is 5.20. The fourth-order valence-electron chi connectivity index (χ4n) is 2.42. The Labute approximate surface area is 132 Å². The first kappa shape index (κ1) is 14.8. The molecule has 0 unspecified atom stereocenters. The Morgan fingerprint density at radius 2 is 1.67 bits per heavy atom. The molecule has 0 amide bonds. The average Bonchev–Trinajstić information content (AvgIpc) is 2.97. The van der Waals surface area contributed by atoms with E-state index in [1.165, 1.54) is 10.0 Å². The van der Waals surface area contributed by atoms with Crippen LogP contribution < -0.4 is 4.46 Å². The van der Waals surface area contributed by atoms with E-state index in [0.29, 0.717) is 33.2 Å². The van der Waals surface area contributed by atoms with E-state index in [0.717, 1.165) is 12.8 Å². The predicted octanol–water partition coefficient (Wildman–Crippen LogP) is 2.74. The Hall–Kier alpha value is -1.12. The summed E-state index contributed by atoms with van der Waals surface area (Å²) in [4.78, 5) is 0. The second kappa shape index (κ2) is 7.76. The predicted molar refractivity (Wildman–Crippen MR) is 85.8 cm³/mol. The fraction of sp³-hybridized carbons (Fsp3) is 0.333. The monoisotopic (exact) mass is 348 g/mol. The molecular weight excluding hydrogens is 327 g/mol. The van der Waals surface area contributed by atoms with Crippen molar-refractivity contribution in [2.45, 2.75) is 30.6 Å². The zero-order valence-electron chi connectivity index (χ0n) is 12.0. The van der Waals surface area contributed by atoms with Gasteiger partial charge in [-0.05, 0) is 0 Å². The van der Waals surface area contributed by atoms with Gasteiger partial charge in [-0.1, -0.05) is 0 Å². The third kappa shape index (κ3) is 4.69. The Balaban J connectivity index is 1.39. The maximum absolute atomic E-state index is 6.11. The molecule has 1 heterocycles. The molecule has 0 saturated carbocycles. The van der Waals surface area contributed by atoms with Crippen LogP contribution in [0.25, 0.3) is 0 Å². The average molecular weight is 347 g/mol. The molecule has 1 saturated heterocycles. The summed E-state index contributed by atoms with van der Waals surface area (Å²) in [7, 11) is 0. The molecule has 3 rings (SSSR count). The topological polar surface area (TPSA) is 18.5 Å². The number of rotatable bonds is 6. The van der Waals surface area contributed by atoms with Crippen molar-refractivity contribution < 1.29 is 9.47 Å². The van der Waals surface area contributed by atoms with Crippen molar-refractivity contribution in [3.63, 3.8) is 0 Å². The molecule has 110 valence electrons. The second-order valence-corrected chi connectivity index (χ2v) is 7.78. The summed E-state index contributed by atoms with van der Waals surface area (Å²) in [6.07, 6.45) is 2.55. The summed E-state index contributed by atoms with van der Waals surface area (Å²) in [6.45, 7) is 1.38. The summed E-state index contributed by atoms with van der Waals surface area (Å²) >= 11 is 0.412. The molecule has 0 bridgehead atoms. The Morgan fingerprint density at radius 1 is 0.952 bits per heavy atom. The van der Waals surface area contributed by atoms with Crippen molar-refractivity contribution in [1.29, 1.82) is 0 Å². The zero-order valence-corrected chi connectivity index (χ0v) is 13.7. The van der Waals surface area contributed by atoms with Crippen LogP contribution in [-0.4, -0.2) is 32.7 Å². The molecule has 2 nitrogen and oxygen atoms in total. The molecule has 0 spiro atoms. The van der Waals surface area contributed by atoms with Crippen LogP contribution in [0.1, 0.15) is 18.4 Å². The van der Waals surface area contributed by atoms with Gasteiger partial charge in [-0.2, -0.15) is 0 Å². The van der Waals surface area contributed by atoms with Gasteiger partial charge < -0.3 is 0 Å². The normalized spacial score (nSPS) is 21.5. The van der Waals surface area contributed by atoms with E-state index in [1.54, 1.807) is 0 Å². The number of ether oxygens (including phenoxy) is 2. The van der Waals surface area contributed by atoms with Crippen molar-refractivity contribution >= 4 is 19.4 Å². The van der Waals surface area contributed by atoms with Gasteiger partial charge in [0.2, 0.25) is 0 Å². The van der Waals surface area contributed by atoms with Gasteiger partial charge in [0.15, 0.2) is 0 Å². The maximum atomic E-state index is 6.11. The van der Waals surface area contributed by atoms with Gasteiger partial charge in [-0.25, -0.2) is 0 Å². The zero-order chi connectivity index (χ0) is 14.3. The van der Waals surface area contributed by atoms with E-state index < -0.39 is 0 Å². The van der Waals surface area contributed by atoms with Crippen LogP contribution in [0, 0.1) is 0 Å². The number of benzene rings is 2. The van der Waals surface area contributed by atoms with Crippen molar-refractivity contribution in [3.05, 3.63) is 66.2 Å². The van der Waals surface area contributed by atoms with Crippen molar-refractivity contribution in [3.8, 4) is 0 Å². The molecule has 3 heteroatoms. The van der Waals surface area contributed by atoms with E-state index in [2.05, 4.69) is 42.5 Å². The van der Waals surface area contributed by atoms with E-state index in [-0.39, 0.29) is 6.10 Å². The number of hydrogen-bond donors (Lipinski definition) is 0. The molecule has 0 radical (unpaired) electrons. The molecule has 2 aromatic rings. The van der Waals surface area contributed by atoms with E-state index in [1.807, 2.05) is 18.2 Å². The van der Waals surface area contributed by atoms with Gasteiger partial charge in [0.05, 0.1) is 0 Å². The number of hydrogen-bond acceptors (Lipinski definition) is 2. The van der Waals surface area contributed by atoms with Crippen LogP contribution in [0.4, 0.5) is 0 Å². The van der Waals surface area contributed by atoms with Crippen LogP contribution in [-0.2, 0) is 16.1 Å². The molecular formula is C18H20O2Se. The first-order valence-corrected chi connectivity index (χ1v) is 9.23. The first-order chi connectivity index (χ1) is 10.4. The van der Waals surface area contributed by atoms with Crippen molar-refractivity contribution in [1.82, 2.24) is 0 Å². The quantitative estimate of drug-likeness (QED) is 0.748. The SMILES string of the molecule is c1ccc(COC[C@@H]2CC[C@@H]([Se]c3ccccc3)O2)cc1. The van der Waals surface area contributed by atoms with Crippen LogP contribution >= 0.6 is 0 Å². The van der Waals surface area contributed by atoms with Crippen molar-refractivity contribution in [2.75, 3.05) is 6.61 Å². The van der Waals surface area contributed by atoms with Gasteiger partial charge >= 0.3 is 132 Å². The van der Waals surface area contributed by atoms with Gasteiger partial charge in [-0.15, -0.1) is 0 Å². The third-order valence-electron chi connectivity index (χ3n) is 3.49. The summed E-state index contributed by atoms with van der Waals surface area (Å²) in [5.74, 6) is 0. The van der Waals surface area contributed by atoms with E-state index >= 15 is 0 Å². The Bertz CT molecular complexity index is 529. The van der Waals surface area contributed by atoms with Gasteiger partial charge in [-0.3, -0.25) is 0 Å². The molecule has 21 heavy (non-hydrogen) atoms. The summed E-state index contributed by atoms with van der Waals surface area (Å²) in [5, 5.41) is 0.408. The van der Waals surface area contributed by atoms with Gasteiger partial charge in [0, 0.05) is 0 Å². The van der Waals surface area contributed by atoms with Crippen LogP contribution in [0.2, 0.25) is 0 Å². The summed E-state index contributed by atoms with van der Waals surface area (Å²) < 4.78 is 13.3. The summed E-state index contributed by atoms with van der Waals surface area (Å²) in [6, 6.07) is 21.0. The minimum atomic E-state index is 0.268. The molecule has 0 aliphatic carbocycles. The van der Waals surface area contributed by atoms with Crippen LogP contribution in [0.3, 0.4) is 0 Å². The molecule has 1 aliphatic rings.